The van der Waals surface area contributed by atoms with Crippen molar-refractivity contribution < 1.29 is 4.79 Å². The number of rotatable bonds is 4. The van der Waals surface area contributed by atoms with E-state index in [4.69, 9.17) is 23.2 Å². The fourth-order valence-corrected chi connectivity index (χ4v) is 1.56. The van der Waals surface area contributed by atoms with Crippen molar-refractivity contribution in [3.05, 3.63) is 33.9 Å². The molecular formula is C10H10Br2Cl2O. The Morgan fingerprint density at radius 1 is 1.27 bits per heavy atom. The lowest BCUT2D eigenvalue weighted by atomic mass is 10.2. The van der Waals surface area contributed by atoms with Gasteiger partial charge in [-0.1, -0.05) is 61.1 Å². The van der Waals surface area contributed by atoms with E-state index < -0.39 is 3.74 Å². The number of alkyl halides is 2. The van der Waals surface area contributed by atoms with Gasteiger partial charge in [-0.15, -0.1) is 0 Å². The van der Waals surface area contributed by atoms with Crippen molar-refractivity contribution in [3.8, 4) is 0 Å². The maximum atomic E-state index is 11.5. The minimum Gasteiger partial charge on any atom is -0.292 e. The van der Waals surface area contributed by atoms with Crippen LogP contribution in [0.1, 0.15) is 13.8 Å². The van der Waals surface area contributed by atoms with Crippen LogP contribution in [0.25, 0.3) is 0 Å². The molecule has 0 aliphatic rings. The van der Waals surface area contributed by atoms with Gasteiger partial charge in [0.2, 0.25) is 0 Å². The van der Waals surface area contributed by atoms with Gasteiger partial charge in [-0.25, -0.2) is 0 Å². The van der Waals surface area contributed by atoms with Crippen LogP contribution in [0.15, 0.2) is 33.9 Å². The lowest BCUT2D eigenvalue weighted by Gasteiger charge is -2.02. The second-order valence-corrected chi connectivity index (χ2v) is 6.51. The first-order chi connectivity index (χ1) is 6.90. The highest BCUT2D eigenvalue weighted by Gasteiger charge is 2.14. The summed E-state index contributed by atoms with van der Waals surface area (Å²) in [5, 5.41) is 0.404. The first-order valence-electron chi connectivity index (χ1n) is 4.04. The summed E-state index contributed by atoms with van der Waals surface area (Å²) in [5.41, 5.74) is 2.80. The van der Waals surface area contributed by atoms with Crippen LogP contribution < -0.4 is 0 Å². The standard InChI is InChI=1S/C10H10Br2Cl2O/c1-6(5-13)3-4-8(14)7(2)9(15)10(11)12/h3-5,10H,1-2H3/b4-3+,6-5-,8-7+. The first-order valence-corrected chi connectivity index (χ1v) is 6.68. The topological polar surface area (TPSA) is 17.1 Å². The molecule has 0 aliphatic carbocycles. The van der Waals surface area contributed by atoms with Crippen LogP contribution >= 0.6 is 55.1 Å². The summed E-state index contributed by atoms with van der Waals surface area (Å²) in [6.07, 6.45) is 3.38. The third-order valence-corrected chi connectivity index (χ3v) is 3.18. The van der Waals surface area contributed by atoms with Crippen LogP contribution in [0.4, 0.5) is 0 Å². The summed E-state index contributed by atoms with van der Waals surface area (Å²) in [7, 11) is 0. The third-order valence-electron chi connectivity index (χ3n) is 1.59. The predicted octanol–water partition coefficient (Wildman–Crippen LogP) is 4.88. The number of hydrogen-bond acceptors (Lipinski definition) is 1. The van der Waals surface area contributed by atoms with E-state index in [1.807, 2.05) is 6.92 Å². The third kappa shape index (κ3) is 5.91. The van der Waals surface area contributed by atoms with Gasteiger partial charge in [-0.05, 0) is 25.5 Å². The summed E-state index contributed by atoms with van der Waals surface area (Å²) in [4.78, 5) is 11.5. The van der Waals surface area contributed by atoms with Gasteiger partial charge in [0.15, 0.2) is 5.78 Å². The lowest BCUT2D eigenvalue weighted by molar-refractivity contribution is -0.113. The van der Waals surface area contributed by atoms with Crippen LogP contribution in [0.5, 0.6) is 0 Å². The Hall–Kier alpha value is 0.430. The van der Waals surface area contributed by atoms with Gasteiger partial charge >= 0.3 is 0 Å². The molecule has 0 bridgehead atoms. The summed E-state index contributed by atoms with van der Waals surface area (Å²) < 4.78 is -0.406. The summed E-state index contributed by atoms with van der Waals surface area (Å²) in [5.74, 6) is -0.0999. The molecule has 0 heterocycles. The van der Waals surface area contributed by atoms with Gasteiger partial charge in [0.25, 0.3) is 0 Å². The van der Waals surface area contributed by atoms with Crippen LogP contribution in [-0.2, 0) is 4.79 Å². The molecule has 0 saturated heterocycles. The SMILES string of the molecule is CC(=C/Cl)/C=C/C(Cl)=C(/C)C(=O)C(Br)Br. The van der Waals surface area contributed by atoms with Gasteiger partial charge < -0.3 is 0 Å². The highest BCUT2D eigenvalue weighted by atomic mass is 79.9. The molecule has 0 fully saturated rings. The number of allylic oxidation sites excluding steroid dienone is 5. The molecule has 0 radical (unpaired) electrons. The van der Waals surface area contributed by atoms with Crippen molar-refractivity contribution in [2.24, 2.45) is 0 Å². The molecule has 0 aliphatic heterocycles. The maximum Gasteiger partial charge on any atom is 0.184 e. The van der Waals surface area contributed by atoms with Crippen LogP contribution in [0.2, 0.25) is 0 Å². The fourth-order valence-electron chi connectivity index (χ4n) is 0.647. The van der Waals surface area contributed by atoms with E-state index in [0.717, 1.165) is 5.57 Å². The highest BCUT2D eigenvalue weighted by molar-refractivity contribution is 9.25. The smallest absolute Gasteiger partial charge is 0.184 e. The molecule has 0 aromatic rings. The quantitative estimate of drug-likeness (QED) is 0.388. The van der Waals surface area contributed by atoms with E-state index >= 15 is 0 Å². The normalized spacial score (nSPS) is 14.7. The second-order valence-electron chi connectivity index (χ2n) is 2.82. The number of hydrogen-bond donors (Lipinski definition) is 0. The fraction of sp³-hybridized carbons (Fsp3) is 0.300. The Morgan fingerprint density at radius 3 is 2.20 bits per heavy atom. The molecule has 0 aromatic carbocycles. The minimum absolute atomic E-state index is 0.0999. The van der Waals surface area contributed by atoms with E-state index in [1.54, 1.807) is 19.1 Å². The van der Waals surface area contributed by atoms with Crippen molar-refractivity contribution in [1.82, 2.24) is 0 Å². The van der Waals surface area contributed by atoms with E-state index in [2.05, 4.69) is 31.9 Å². The highest BCUT2D eigenvalue weighted by Crippen LogP contribution is 2.20. The molecule has 0 atom stereocenters. The Kier molecular flexibility index (Phi) is 7.88. The van der Waals surface area contributed by atoms with Gasteiger partial charge in [-0.3, -0.25) is 4.79 Å². The average molecular weight is 377 g/mol. The summed E-state index contributed by atoms with van der Waals surface area (Å²) in [6, 6.07) is 0. The lowest BCUT2D eigenvalue weighted by Crippen LogP contribution is -2.08. The molecule has 84 valence electrons. The number of carbonyl (C=O) groups excluding carboxylic acids is 1. The molecule has 0 spiro atoms. The Balaban J connectivity index is 4.81. The molecular weight excluding hydrogens is 367 g/mol. The number of carbonyl (C=O) groups is 1. The van der Waals surface area contributed by atoms with E-state index in [1.165, 1.54) is 5.54 Å². The molecule has 1 nitrogen and oxygen atoms in total. The average Bonchev–Trinajstić information content (AvgIpc) is 2.22. The Morgan fingerprint density at radius 2 is 1.80 bits per heavy atom. The molecule has 15 heavy (non-hydrogen) atoms. The van der Waals surface area contributed by atoms with E-state index in [-0.39, 0.29) is 5.78 Å². The van der Waals surface area contributed by atoms with Gasteiger partial charge in [0.05, 0.1) is 0 Å². The van der Waals surface area contributed by atoms with Crippen molar-refractivity contribution >= 4 is 60.8 Å². The molecule has 0 amide bonds. The predicted molar refractivity (Wildman–Crippen MR) is 74.0 cm³/mol. The molecule has 0 saturated carbocycles. The zero-order chi connectivity index (χ0) is 12.0. The van der Waals surface area contributed by atoms with Crippen molar-refractivity contribution in [1.29, 1.82) is 0 Å². The largest absolute Gasteiger partial charge is 0.292 e. The van der Waals surface area contributed by atoms with Crippen LogP contribution in [0.3, 0.4) is 0 Å². The van der Waals surface area contributed by atoms with Crippen molar-refractivity contribution in [2.75, 3.05) is 0 Å². The summed E-state index contributed by atoms with van der Waals surface area (Å²) in [6.45, 7) is 3.51. The second kappa shape index (κ2) is 7.66. The van der Waals surface area contributed by atoms with E-state index in [0.29, 0.717) is 10.6 Å². The number of Topliss-reactive ketones (excluding diaryl/α,β-unsaturated/α-hetero) is 1. The summed E-state index contributed by atoms with van der Waals surface area (Å²) >= 11 is 17.6. The van der Waals surface area contributed by atoms with Gasteiger partial charge in [0, 0.05) is 16.1 Å². The van der Waals surface area contributed by atoms with Gasteiger partial charge in [0.1, 0.15) is 3.74 Å². The van der Waals surface area contributed by atoms with Crippen LogP contribution in [-0.4, -0.2) is 9.52 Å². The van der Waals surface area contributed by atoms with E-state index in [9.17, 15) is 4.79 Å². The molecule has 5 heteroatoms. The first kappa shape index (κ1) is 15.4. The van der Waals surface area contributed by atoms with Gasteiger partial charge in [-0.2, -0.15) is 0 Å². The molecule has 0 rings (SSSR count). The Bertz CT molecular complexity index is 330. The number of ketones is 1. The molecule has 0 N–H and O–H groups in total. The molecule has 0 aromatic heterocycles. The Labute approximate surface area is 116 Å². The van der Waals surface area contributed by atoms with Crippen molar-refractivity contribution in [3.63, 3.8) is 0 Å². The zero-order valence-corrected chi connectivity index (χ0v) is 12.9. The monoisotopic (exact) mass is 374 g/mol. The van der Waals surface area contributed by atoms with Crippen molar-refractivity contribution in [2.45, 2.75) is 17.6 Å². The zero-order valence-electron chi connectivity index (χ0n) is 8.23. The van der Waals surface area contributed by atoms with Crippen LogP contribution in [0, 0.1) is 0 Å². The molecule has 0 unspecified atom stereocenters. The minimum atomic E-state index is -0.406. The number of halogens is 4. The maximum absolute atomic E-state index is 11.5.